The Balaban J connectivity index is 2.77. The second-order valence-corrected chi connectivity index (χ2v) is 3.65. The predicted molar refractivity (Wildman–Crippen MR) is 56.6 cm³/mol. The molecule has 15 heavy (non-hydrogen) atoms. The van der Waals surface area contributed by atoms with Crippen molar-refractivity contribution in [2.24, 2.45) is 0 Å². The number of hydrogen-bond donors (Lipinski definition) is 2. The van der Waals surface area contributed by atoms with E-state index >= 15 is 0 Å². The highest BCUT2D eigenvalue weighted by Gasteiger charge is 2.11. The van der Waals surface area contributed by atoms with Gasteiger partial charge in [0.05, 0.1) is 22.7 Å². The Morgan fingerprint density at radius 1 is 1.40 bits per heavy atom. The Morgan fingerprint density at radius 3 is 2.60 bits per heavy atom. The molecule has 0 fully saturated rings. The maximum Gasteiger partial charge on any atom is 0.150 e. The van der Waals surface area contributed by atoms with Gasteiger partial charge >= 0.3 is 0 Å². The molecule has 1 aromatic rings. The largest absolute Gasteiger partial charge is 0.390 e. The molecule has 0 spiro atoms. The third-order valence-corrected chi connectivity index (χ3v) is 2.35. The van der Waals surface area contributed by atoms with Gasteiger partial charge in [0.25, 0.3) is 0 Å². The van der Waals surface area contributed by atoms with Crippen LogP contribution in [0.5, 0.6) is 0 Å². The number of anilines is 1. The van der Waals surface area contributed by atoms with Crippen LogP contribution in [0.4, 0.5) is 14.5 Å². The van der Waals surface area contributed by atoms with Crippen molar-refractivity contribution in [3.8, 4) is 0 Å². The van der Waals surface area contributed by atoms with Crippen molar-refractivity contribution in [2.45, 2.75) is 6.10 Å². The molecule has 1 atom stereocenters. The highest BCUT2D eigenvalue weighted by atomic mass is 35.5. The van der Waals surface area contributed by atoms with E-state index in [0.29, 0.717) is 6.07 Å². The molecule has 0 heterocycles. The maximum atomic E-state index is 13.2. The number of nitrogens with one attached hydrogen (secondary N) is 1. The smallest absolute Gasteiger partial charge is 0.150 e. The summed E-state index contributed by atoms with van der Waals surface area (Å²) >= 11 is 11.0. The molecular weight excluding hydrogens is 247 g/mol. The first kappa shape index (κ1) is 12.5. The van der Waals surface area contributed by atoms with Crippen LogP contribution >= 0.6 is 23.2 Å². The highest BCUT2D eigenvalue weighted by molar-refractivity contribution is 6.33. The van der Waals surface area contributed by atoms with Crippen molar-refractivity contribution in [1.29, 1.82) is 0 Å². The number of halogens is 4. The molecule has 0 aliphatic rings. The summed E-state index contributed by atoms with van der Waals surface area (Å²) in [6, 6.07) is 1.70. The monoisotopic (exact) mass is 255 g/mol. The minimum Gasteiger partial charge on any atom is -0.390 e. The molecule has 0 saturated carbocycles. The summed E-state index contributed by atoms with van der Waals surface area (Å²) in [4.78, 5) is 0. The quantitative estimate of drug-likeness (QED) is 0.811. The van der Waals surface area contributed by atoms with E-state index in [4.69, 9.17) is 28.3 Å². The summed E-state index contributed by atoms with van der Waals surface area (Å²) in [6.07, 6.45) is -0.813. The number of aliphatic hydroxyl groups is 1. The van der Waals surface area contributed by atoms with Crippen molar-refractivity contribution < 1.29 is 13.9 Å². The minimum atomic E-state index is -0.813. The lowest BCUT2D eigenvalue weighted by molar-refractivity contribution is 0.211. The van der Waals surface area contributed by atoms with Crippen molar-refractivity contribution in [1.82, 2.24) is 0 Å². The average molecular weight is 256 g/mol. The van der Waals surface area contributed by atoms with E-state index in [9.17, 15) is 8.78 Å². The molecule has 0 aliphatic carbocycles. The van der Waals surface area contributed by atoms with Crippen molar-refractivity contribution in [3.05, 3.63) is 28.8 Å². The van der Waals surface area contributed by atoms with Crippen LogP contribution in [-0.2, 0) is 0 Å². The van der Waals surface area contributed by atoms with Gasteiger partial charge in [-0.05, 0) is 6.07 Å². The first-order valence-corrected chi connectivity index (χ1v) is 5.08. The lowest BCUT2D eigenvalue weighted by Gasteiger charge is -2.12. The Labute approximate surface area is 95.8 Å². The van der Waals surface area contributed by atoms with Crippen LogP contribution in [0.15, 0.2) is 12.1 Å². The molecule has 0 aromatic heterocycles. The molecule has 2 N–H and O–H groups in total. The third-order valence-electron chi connectivity index (χ3n) is 1.70. The minimum absolute atomic E-state index is 0.0213. The second kappa shape index (κ2) is 5.49. The van der Waals surface area contributed by atoms with Gasteiger partial charge in [-0.25, -0.2) is 8.78 Å². The molecule has 0 bridgehead atoms. The van der Waals surface area contributed by atoms with Crippen molar-refractivity contribution in [2.75, 3.05) is 17.7 Å². The maximum absolute atomic E-state index is 13.2. The first-order valence-electron chi connectivity index (χ1n) is 4.17. The Morgan fingerprint density at radius 2 is 2.07 bits per heavy atom. The van der Waals surface area contributed by atoms with E-state index in [1.54, 1.807) is 0 Å². The Bertz CT molecular complexity index is 326. The number of aliphatic hydroxyl groups excluding tert-OH is 1. The molecule has 6 heteroatoms. The Kier molecular flexibility index (Phi) is 4.57. The van der Waals surface area contributed by atoms with Gasteiger partial charge < -0.3 is 10.4 Å². The SMILES string of the molecule is OC(CCl)CNc1c(F)cc(F)cc1Cl. The number of benzene rings is 1. The van der Waals surface area contributed by atoms with Gasteiger partial charge in [-0.1, -0.05) is 11.6 Å². The summed E-state index contributed by atoms with van der Waals surface area (Å²) in [6.45, 7) is 0.0474. The van der Waals surface area contributed by atoms with Crippen LogP contribution in [0.1, 0.15) is 0 Å². The zero-order valence-electron chi connectivity index (χ0n) is 7.61. The summed E-state index contributed by atoms with van der Waals surface area (Å²) < 4.78 is 25.8. The zero-order chi connectivity index (χ0) is 11.4. The molecular formula is C9H9Cl2F2NO. The molecule has 1 unspecified atom stereocenters. The van der Waals surface area contributed by atoms with E-state index in [1.165, 1.54) is 0 Å². The highest BCUT2D eigenvalue weighted by Crippen LogP contribution is 2.26. The van der Waals surface area contributed by atoms with Crippen molar-refractivity contribution >= 4 is 28.9 Å². The average Bonchev–Trinajstić information content (AvgIpc) is 2.15. The fraction of sp³-hybridized carbons (Fsp3) is 0.333. The van der Waals surface area contributed by atoms with Gasteiger partial charge in [0, 0.05) is 12.6 Å². The van der Waals surface area contributed by atoms with E-state index in [2.05, 4.69) is 5.32 Å². The van der Waals surface area contributed by atoms with Crippen LogP contribution in [0, 0.1) is 11.6 Å². The summed E-state index contributed by atoms with van der Waals surface area (Å²) in [7, 11) is 0. The zero-order valence-corrected chi connectivity index (χ0v) is 9.12. The van der Waals surface area contributed by atoms with E-state index in [1.807, 2.05) is 0 Å². The summed E-state index contributed by atoms with van der Waals surface area (Å²) in [5.74, 6) is -1.53. The van der Waals surface area contributed by atoms with Gasteiger partial charge in [0.15, 0.2) is 5.82 Å². The third kappa shape index (κ3) is 3.48. The molecule has 0 amide bonds. The molecule has 2 nitrogen and oxygen atoms in total. The van der Waals surface area contributed by atoms with Gasteiger partial charge in [-0.15, -0.1) is 11.6 Å². The van der Waals surface area contributed by atoms with E-state index in [-0.39, 0.29) is 23.1 Å². The van der Waals surface area contributed by atoms with Gasteiger partial charge in [-0.2, -0.15) is 0 Å². The van der Waals surface area contributed by atoms with Crippen LogP contribution in [0.25, 0.3) is 0 Å². The second-order valence-electron chi connectivity index (χ2n) is 2.93. The molecule has 0 radical (unpaired) electrons. The fourth-order valence-corrected chi connectivity index (χ4v) is 1.36. The van der Waals surface area contributed by atoms with Crippen LogP contribution in [0.2, 0.25) is 5.02 Å². The lowest BCUT2D eigenvalue weighted by atomic mass is 10.3. The molecule has 84 valence electrons. The fourth-order valence-electron chi connectivity index (χ4n) is 0.986. The normalized spacial score (nSPS) is 12.6. The summed E-state index contributed by atoms with van der Waals surface area (Å²) in [5.41, 5.74) is -0.0396. The van der Waals surface area contributed by atoms with Gasteiger partial charge in [0.1, 0.15) is 5.82 Å². The number of rotatable bonds is 4. The molecule has 1 rings (SSSR count). The first-order chi connectivity index (χ1) is 7.04. The number of hydrogen-bond acceptors (Lipinski definition) is 2. The van der Waals surface area contributed by atoms with E-state index in [0.717, 1.165) is 6.07 Å². The standard InChI is InChI=1S/C9H9Cl2F2NO/c10-3-6(15)4-14-9-7(11)1-5(12)2-8(9)13/h1-2,6,14-15H,3-4H2. The summed E-state index contributed by atoms with van der Waals surface area (Å²) in [5, 5.41) is 11.6. The predicted octanol–water partition coefficient (Wildman–Crippen LogP) is 2.63. The molecule has 0 saturated heterocycles. The topological polar surface area (TPSA) is 32.3 Å². The van der Waals surface area contributed by atoms with Gasteiger partial charge in [-0.3, -0.25) is 0 Å². The van der Waals surface area contributed by atoms with Crippen molar-refractivity contribution in [3.63, 3.8) is 0 Å². The van der Waals surface area contributed by atoms with Crippen LogP contribution in [-0.4, -0.2) is 23.6 Å². The Hall–Kier alpha value is -0.580. The van der Waals surface area contributed by atoms with Crippen LogP contribution in [0.3, 0.4) is 0 Å². The molecule has 0 aliphatic heterocycles. The van der Waals surface area contributed by atoms with Crippen LogP contribution < -0.4 is 5.32 Å². The van der Waals surface area contributed by atoms with E-state index < -0.39 is 17.7 Å². The van der Waals surface area contributed by atoms with Gasteiger partial charge in [0.2, 0.25) is 0 Å². The molecule has 1 aromatic carbocycles. The number of alkyl halides is 1. The lowest BCUT2D eigenvalue weighted by Crippen LogP contribution is -2.21.